The first-order valence-electron chi connectivity index (χ1n) is 7.38. The summed E-state index contributed by atoms with van der Waals surface area (Å²) in [5, 5.41) is 2.48. The molecule has 0 aromatic heterocycles. The summed E-state index contributed by atoms with van der Waals surface area (Å²) >= 11 is 0. The molecule has 0 aliphatic carbocycles. The van der Waals surface area contributed by atoms with Gasteiger partial charge in [0.05, 0.1) is 12.7 Å². The van der Waals surface area contributed by atoms with Crippen LogP contribution in [0.1, 0.15) is 33.3 Å². The summed E-state index contributed by atoms with van der Waals surface area (Å²) in [6, 6.07) is 8.55. The molecule has 2 atom stereocenters. The minimum atomic E-state index is -0.960. The lowest BCUT2D eigenvalue weighted by molar-refractivity contribution is -0.119. The summed E-state index contributed by atoms with van der Waals surface area (Å²) in [7, 11) is 0. The van der Waals surface area contributed by atoms with Crippen molar-refractivity contribution in [1.82, 2.24) is 5.32 Å². The molecule has 0 fully saturated rings. The van der Waals surface area contributed by atoms with Gasteiger partial charge in [0.25, 0.3) is 0 Å². The topological polar surface area (TPSA) is 64.6 Å². The zero-order valence-corrected chi connectivity index (χ0v) is 14.0. The van der Waals surface area contributed by atoms with Gasteiger partial charge in [0.2, 0.25) is 5.78 Å². The van der Waals surface area contributed by atoms with Crippen LogP contribution in [0, 0.1) is 12.3 Å². The maximum absolute atomic E-state index is 11.9. The molecule has 0 aliphatic heterocycles. The quantitative estimate of drug-likeness (QED) is 0.647. The van der Waals surface area contributed by atoms with Gasteiger partial charge in [0.1, 0.15) is 11.6 Å². The van der Waals surface area contributed by atoms with E-state index in [9.17, 15) is 9.59 Å². The molecule has 1 N–H and O–H groups in total. The molecule has 0 spiro atoms. The lowest BCUT2D eigenvalue weighted by Crippen LogP contribution is -2.49. The number of hydrogen-bond donors (Lipinski definition) is 1. The van der Waals surface area contributed by atoms with Crippen molar-refractivity contribution in [2.24, 2.45) is 0 Å². The van der Waals surface area contributed by atoms with E-state index in [1.165, 1.54) is 0 Å². The molecule has 0 unspecified atom stereocenters. The van der Waals surface area contributed by atoms with E-state index in [0.29, 0.717) is 6.61 Å². The highest BCUT2D eigenvalue weighted by Crippen LogP contribution is 2.10. The monoisotopic (exact) mass is 317 g/mol. The van der Waals surface area contributed by atoms with Crippen LogP contribution in [0.2, 0.25) is 0 Å². The normalized spacial score (nSPS) is 13.5. The molecular formula is C18H23NO4. The fourth-order valence-electron chi connectivity index (χ4n) is 1.82. The molecule has 0 aliphatic rings. The Hall–Kier alpha value is -2.32. The van der Waals surface area contributed by atoms with E-state index in [1.54, 1.807) is 27.7 Å². The summed E-state index contributed by atoms with van der Waals surface area (Å²) < 4.78 is 10.8. The maximum atomic E-state index is 11.9. The number of nitrogens with one attached hydrogen (secondary N) is 1. The molecule has 1 aromatic rings. The van der Waals surface area contributed by atoms with Gasteiger partial charge in [-0.2, -0.15) is 0 Å². The van der Waals surface area contributed by atoms with E-state index in [-0.39, 0.29) is 0 Å². The third kappa shape index (κ3) is 6.98. The van der Waals surface area contributed by atoms with Crippen LogP contribution in [-0.2, 0) is 20.9 Å². The fraction of sp³-hybridized carbons (Fsp3) is 0.444. The van der Waals surface area contributed by atoms with Crippen molar-refractivity contribution < 1.29 is 19.1 Å². The van der Waals surface area contributed by atoms with E-state index < -0.39 is 29.6 Å². The van der Waals surface area contributed by atoms with Gasteiger partial charge in [-0.05, 0) is 39.2 Å². The van der Waals surface area contributed by atoms with Crippen LogP contribution in [0.3, 0.4) is 0 Å². The number of Topliss-reactive ketones (excluding diaryl/α,β-unsaturated/α-hetero) is 1. The van der Waals surface area contributed by atoms with Crippen LogP contribution in [0.15, 0.2) is 30.3 Å². The Bertz CT molecular complexity index is 569. The Morgan fingerprint density at radius 1 is 1.26 bits per heavy atom. The van der Waals surface area contributed by atoms with Crippen molar-refractivity contribution in [2.75, 3.05) is 0 Å². The molecule has 5 heteroatoms. The Morgan fingerprint density at radius 2 is 1.87 bits per heavy atom. The second kappa shape index (κ2) is 8.35. The highest BCUT2D eigenvalue weighted by Gasteiger charge is 2.28. The van der Waals surface area contributed by atoms with Crippen molar-refractivity contribution in [1.29, 1.82) is 0 Å². The van der Waals surface area contributed by atoms with Crippen LogP contribution in [-0.4, -0.2) is 29.6 Å². The van der Waals surface area contributed by atoms with Gasteiger partial charge in [0.15, 0.2) is 0 Å². The smallest absolute Gasteiger partial charge is 0.408 e. The van der Waals surface area contributed by atoms with Crippen LogP contribution >= 0.6 is 0 Å². The van der Waals surface area contributed by atoms with Gasteiger partial charge in [-0.25, -0.2) is 4.79 Å². The summed E-state index contributed by atoms with van der Waals surface area (Å²) in [6.45, 7) is 7.20. The van der Waals surface area contributed by atoms with Crippen LogP contribution < -0.4 is 5.32 Å². The minimum absolute atomic E-state index is 0.312. The number of carbonyl (C=O) groups is 2. The van der Waals surface area contributed by atoms with Gasteiger partial charge in [-0.3, -0.25) is 4.79 Å². The van der Waals surface area contributed by atoms with Crippen molar-refractivity contribution >= 4 is 11.9 Å². The lowest BCUT2D eigenvalue weighted by Gasteiger charge is -2.25. The molecule has 0 heterocycles. The number of hydrogen-bond acceptors (Lipinski definition) is 4. The molecule has 1 rings (SSSR count). The van der Waals surface area contributed by atoms with E-state index in [0.717, 1.165) is 5.56 Å². The number of rotatable bonds is 6. The molecular weight excluding hydrogens is 294 g/mol. The minimum Gasteiger partial charge on any atom is -0.444 e. The number of benzene rings is 1. The predicted octanol–water partition coefficient (Wildman–Crippen LogP) is 2.69. The third-order valence-corrected chi connectivity index (χ3v) is 2.92. The summed E-state index contributed by atoms with van der Waals surface area (Å²) in [6.07, 6.45) is 3.88. The van der Waals surface area contributed by atoms with E-state index in [1.807, 2.05) is 36.3 Å². The Morgan fingerprint density at radius 3 is 2.39 bits per heavy atom. The average Bonchev–Trinajstić information content (AvgIpc) is 2.49. The first kappa shape index (κ1) is 18.7. The van der Waals surface area contributed by atoms with Gasteiger partial charge in [-0.1, -0.05) is 30.3 Å². The zero-order chi connectivity index (χ0) is 17.5. The fourth-order valence-corrected chi connectivity index (χ4v) is 1.82. The molecule has 5 nitrogen and oxygen atoms in total. The maximum Gasteiger partial charge on any atom is 0.408 e. The van der Waals surface area contributed by atoms with Crippen molar-refractivity contribution in [2.45, 2.75) is 52.0 Å². The predicted molar refractivity (Wildman–Crippen MR) is 87.7 cm³/mol. The molecule has 0 saturated heterocycles. The number of amides is 1. The summed E-state index contributed by atoms with van der Waals surface area (Å²) in [4.78, 5) is 23.7. The van der Waals surface area contributed by atoms with Crippen LogP contribution in [0.4, 0.5) is 4.79 Å². The number of alkyl carbamates (subject to hydrolysis) is 1. The van der Waals surface area contributed by atoms with Gasteiger partial charge >= 0.3 is 6.09 Å². The average molecular weight is 317 g/mol. The van der Waals surface area contributed by atoms with Gasteiger partial charge in [0, 0.05) is 0 Å². The molecule has 124 valence electrons. The van der Waals surface area contributed by atoms with Gasteiger partial charge < -0.3 is 14.8 Å². The van der Waals surface area contributed by atoms with E-state index in [4.69, 9.17) is 15.9 Å². The number of ketones is 1. The second-order valence-electron chi connectivity index (χ2n) is 6.13. The third-order valence-electron chi connectivity index (χ3n) is 2.92. The molecule has 0 radical (unpaired) electrons. The molecule has 0 bridgehead atoms. The SMILES string of the molecule is C#CC(=O)[C@H](NC(=O)OC(C)(C)C)[C@H](C)OCc1ccccc1. The highest BCUT2D eigenvalue weighted by molar-refractivity contribution is 6.01. The van der Waals surface area contributed by atoms with Crippen molar-refractivity contribution in [3.8, 4) is 12.3 Å². The van der Waals surface area contributed by atoms with Crippen molar-refractivity contribution in [3.63, 3.8) is 0 Å². The standard InChI is InChI=1S/C18H23NO4/c1-6-15(20)16(19-17(21)23-18(3,4)5)13(2)22-12-14-10-8-7-9-11-14/h1,7-11,13,16H,12H2,2-5H3,(H,19,21)/t13-,16+/m0/s1. The summed E-state index contributed by atoms with van der Waals surface area (Å²) in [5.41, 5.74) is 0.297. The summed E-state index contributed by atoms with van der Waals surface area (Å²) in [5.74, 6) is 1.46. The first-order valence-corrected chi connectivity index (χ1v) is 7.38. The Balaban J connectivity index is 2.68. The number of terminal acetylenes is 1. The van der Waals surface area contributed by atoms with E-state index in [2.05, 4.69) is 5.32 Å². The number of ether oxygens (including phenoxy) is 2. The van der Waals surface area contributed by atoms with Crippen molar-refractivity contribution in [3.05, 3.63) is 35.9 Å². The van der Waals surface area contributed by atoms with Gasteiger partial charge in [-0.15, -0.1) is 6.42 Å². The second-order valence-corrected chi connectivity index (χ2v) is 6.13. The van der Waals surface area contributed by atoms with E-state index >= 15 is 0 Å². The lowest BCUT2D eigenvalue weighted by atomic mass is 10.1. The molecule has 1 amide bonds. The number of carbonyl (C=O) groups excluding carboxylic acids is 2. The first-order chi connectivity index (χ1) is 10.7. The Labute approximate surface area is 137 Å². The Kier molecular flexibility index (Phi) is 6.80. The molecule has 0 saturated carbocycles. The molecule has 1 aromatic carbocycles. The van der Waals surface area contributed by atoms with Crippen LogP contribution in [0.5, 0.6) is 0 Å². The van der Waals surface area contributed by atoms with Crippen LogP contribution in [0.25, 0.3) is 0 Å². The zero-order valence-electron chi connectivity index (χ0n) is 14.0. The largest absolute Gasteiger partial charge is 0.444 e. The highest BCUT2D eigenvalue weighted by atomic mass is 16.6. The molecule has 23 heavy (non-hydrogen) atoms.